The van der Waals surface area contributed by atoms with Gasteiger partial charge in [-0.05, 0) is 56.6 Å². The van der Waals surface area contributed by atoms with Gasteiger partial charge in [-0.25, -0.2) is 0 Å². The molecule has 0 radical (unpaired) electrons. The minimum absolute atomic E-state index is 0.454. The third-order valence-corrected chi connectivity index (χ3v) is 6.85. The number of hydrogen-bond donors (Lipinski definition) is 0. The van der Waals surface area contributed by atoms with Gasteiger partial charge in [-0.1, -0.05) is 127 Å². The molecule has 0 bridgehead atoms. The predicted molar refractivity (Wildman–Crippen MR) is 134 cm³/mol. The van der Waals surface area contributed by atoms with Crippen molar-refractivity contribution in [2.75, 3.05) is 0 Å². The third-order valence-electron chi connectivity index (χ3n) is 6.61. The summed E-state index contributed by atoms with van der Waals surface area (Å²) in [5, 5.41) is 0.758. The second kappa shape index (κ2) is 7.51. The monoisotopic (exact) mass is 428 g/mol. The molecule has 0 saturated heterocycles. The summed E-state index contributed by atoms with van der Waals surface area (Å²) in [6, 6.07) is 45.4. The Morgan fingerprint density at radius 2 is 1.03 bits per heavy atom. The summed E-state index contributed by atoms with van der Waals surface area (Å²) in [5.74, 6) is 0. The quantitative estimate of drug-likeness (QED) is 0.265. The molecule has 0 aromatic heterocycles. The predicted octanol–water partition coefficient (Wildman–Crippen LogP) is 8.37. The lowest BCUT2D eigenvalue weighted by Crippen LogP contribution is -2.29. The molecule has 5 aromatic rings. The van der Waals surface area contributed by atoms with E-state index in [1.165, 1.54) is 44.5 Å². The van der Waals surface area contributed by atoms with Gasteiger partial charge in [0.1, 0.15) is 0 Å². The lowest BCUT2D eigenvalue weighted by molar-refractivity contribution is 0.770. The first-order valence-electron chi connectivity index (χ1n) is 10.9. The first-order valence-corrected chi connectivity index (χ1v) is 11.3. The van der Waals surface area contributed by atoms with Crippen molar-refractivity contribution in [1.29, 1.82) is 0 Å². The third kappa shape index (κ3) is 2.70. The van der Waals surface area contributed by atoms with E-state index < -0.39 is 5.41 Å². The first-order chi connectivity index (χ1) is 15.8. The molecule has 0 saturated carbocycles. The van der Waals surface area contributed by atoms with Gasteiger partial charge in [0, 0.05) is 5.02 Å². The average molecular weight is 429 g/mol. The maximum absolute atomic E-state index is 6.63. The summed E-state index contributed by atoms with van der Waals surface area (Å²) in [5.41, 5.74) is 9.59. The molecule has 0 heterocycles. The number of fused-ring (bicyclic) bond motifs is 3. The molecule has 0 nitrogen and oxygen atoms in total. The average Bonchev–Trinajstić information content (AvgIpc) is 3.16. The fraction of sp³-hybridized carbons (Fsp3) is 0.0323. The molecule has 0 aliphatic heterocycles. The lowest BCUT2D eigenvalue weighted by Gasteiger charge is -2.35. The van der Waals surface area contributed by atoms with Crippen molar-refractivity contribution in [3.63, 3.8) is 0 Å². The van der Waals surface area contributed by atoms with Gasteiger partial charge >= 0.3 is 0 Å². The van der Waals surface area contributed by atoms with Gasteiger partial charge in [-0.3, -0.25) is 0 Å². The summed E-state index contributed by atoms with van der Waals surface area (Å²) in [6.07, 6.45) is 0. The number of benzene rings is 5. The zero-order valence-electron chi connectivity index (χ0n) is 17.5. The van der Waals surface area contributed by atoms with Gasteiger partial charge in [-0.2, -0.15) is 0 Å². The summed E-state index contributed by atoms with van der Waals surface area (Å²) in [6.45, 7) is 0. The first kappa shape index (κ1) is 19.1. The summed E-state index contributed by atoms with van der Waals surface area (Å²) >= 11 is 6.63. The van der Waals surface area contributed by atoms with Gasteiger partial charge < -0.3 is 0 Å². The van der Waals surface area contributed by atoms with Crippen LogP contribution in [0.15, 0.2) is 127 Å². The molecule has 5 aromatic carbocycles. The van der Waals surface area contributed by atoms with Crippen molar-refractivity contribution >= 4 is 11.6 Å². The van der Waals surface area contributed by atoms with Crippen LogP contribution in [-0.4, -0.2) is 0 Å². The summed E-state index contributed by atoms with van der Waals surface area (Å²) < 4.78 is 0. The zero-order valence-corrected chi connectivity index (χ0v) is 18.3. The van der Waals surface area contributed by atoms with Crippen LogP contribution < -0.4 is 0 Å². The van der Waals surface area contributed by atoms with Gasteiger partial charge in [0.25, 0.3) is 0 Å². The molecule has 6 rings (SSSR count). The van der Waals surface area contributed by atoms with E-state index in [0.29, 0.717) is 0 Å². The van der Waals surface area contributed by atoms with E-state index in [1.54, 1.807) is 0 Å². The van der Waals surface area contributed by atoms with E-state index in [2.05, 4.69) is 121 Å². The Bertz CT molecular complexity index is 1360. The Kier molecular flexibility index (Phi) is 4.48. The maximum atomic E-state index is 6.63. The van der Waals surface area contributed by atoms with Crippen molar-refractivity contribution in [3.8, 4) is 22.3 Å². The topological polar surface area (TPSA) is 0 Å². The van der Waals surface area contributed by atoms with Crippen molar-refractivity contribution in [2.45, 2.75) is 5.41 Å². The molecule has 1 heteroatoms. The van der Waals surface area contributed by atoms with Crippen molar-refractivity contribution < 1.29 is 0 Å². The van der Waals surface area contributed by atoms with Gasteiger partial charge in [0.15, 0.2) is 0 Å². The fourth-order valence-corrected chi connectivity index (χ4v) is 5.55. The lowest BCUT2D eigenvalue weighted by atomic mass is 9.66. The maximum Gasteiger partial charge on any atom is 0.0720 e. The Morgan fingerprint density at radius 3 is 1.66 bits per heavy atom. The molecule has 0 amide bonds. The second-order valence-corrected chi connectivity index (χ2v) is 8.70. The molecule has 0 unspecified atom stereocenters. The van der Waals surface area contributed by atoms with Gasteiger partial charge in [0.05, 0.1) is 5.41 Å². The van der Waals surface area contributed by atoms with Crippen LogP contribution >= 0.6 is 11.6 Å². The molecular formula is C31H21Cl. The molecule has 0 atom stereocenters. The SMILES string of the molecule is Clc1ccc2c(c1)C(c1ccccc1)(c1ccccc1)c1c(-c3ccccc3)cccc1-2. The largest absolute Gasteiger partial charge is 0.0843 e. The van der Waals surface area contributed by atoms with Crippen molar-refractivity contribution in [1.82, 2.24) is 0 Å². The molecule has 152 valence electrons. The molecule has 0 fully saturated rings. The van der Waals surface area contributed by atoms with Crippen LogP contribution in [0.2, 0.25) is 5.02 Å². The van der Waals surface area contributed by atoms with E-state index >= 15 is 0 Å². The highest BCUT2D eigenvalue weighted by molar-refractivity contribution is 6.30. The van der Waals surface area contributed by atoms with Crippen LogP contribution in [-0.2, 0) is 5.41 Å². The van der Waals surface area contributed by atoms with Crippen molar-refractivity contribution in [2.24, 2.45) is 0 Å². The zero-order chi connectivity index (χ0) is 21.5. The number of hydrogen-bond acceptors (Lipinski definition) is 0. The minimum atomic E-state index is -0.454. The molecule has 32 heavy (non-hydrogen) atoms. The highest BCUT2D eigenvalue weighted by Gasteiger charge is 2.47. The number of halogens is 1. The second-order valence-electron chi connectivity index (χ2n) is 8.27. The molecular weight excluding hydrogens is 408 g/mol. The minimum Gasteiger partial charge on any atom is -0.0843 e. The smallest absolute Gasteiger partial charge is 0.0720 e. The van der Waals surface area contributed by atoms with Crippen LogP contribution in [0.4, 0.5) is 0 Å². The molecule has 1 aliphatic carbocycles. The molecule has 1 aliphatic rings. The Hall–Kier alpha value is -3.61. The standard InChI is InChI=1S/C31H21Cl/c32-25-19-20-27-28-18-10-17-26(22-11-4-1-5-12-22)30(28)31(29(27)21-25,23-13-6-2-7-14-23)24-15-8-3-9-16-24/h1-21H. The van der Waals surface area contributed by atoms with E-state index in [-0.39, 0.29) is 0 Å². The highest BCUT2D eigenvalue weighted by atomic mass is 35.5. The Balaban J connectivity index is 1.83. The van der Waals surface area contributed by atoms with E-state index in [0.717, 1.165) is 5.02 Å². The van der Waals surface area contributed by atoms with Gasteiger partial charge in [0.2, 0.25) is 0 Å². The molecule has 0 N–H and O–H groups in total. The highest BCUT2D eigenvalue weighted by Crippen LogP contribution is 2.58. The molecule has 0 spiro atoms. The normalized spacial score (nSPS) is 13.4. The van der Waals surface area contributed by atoms with E-state index in [9.17, 15) is 0 Å². The summed E-state index contributed by atoms with van der Waals surface area (Å²) in [4.78, 5) is 0. The van der Waals surface area contributed by atoms with Crippen LogP contribution in [0.1, 0.15) is 22.3 Å². The van der Waals surface area contributed by atoms with Crippen LogP contribution in [0, 0.1) is 0 Å². The summed E-state index contributed by atoms with van der Waals surface area (Å²) in [7, 11) is 0. The van der Waals surface area contributed by atoms with E-state index in [1.807, 2.05) is 6.07 Å². The van der Waals surface area contributed by atoms with Gasteiger partial charge in [-0.15, -0.1) is 0 Å². The van der Waals surface area contributed by atoms with Crippen LogP contribution in [0.25, 0.3) is 22.3 Å². The number of rotatable bonds is 3. The Labute approximate surface area is 193 Å². The Morgan fingerprint density at radius 1 is 0.469 bits per heavy atom. The van der Waals surface area contributed by atoms with E-state index in [4.69, 9.17) is 11.6 Å². The fourth-order valence-electron chi connectivity index (χ4n) is 5.38. The van der Waals surface area contributed by atoms with Crippen LogP contribution in [0.3, 0.4) is 0 Å². The van der Waals surface area contributed by atoms with Crippen molar-refractivity contribution in [3.05, 3.63) is 155 Å². The van der Waals surface area contributed by atoms with Crippen LogP contribution in [0.5, 0.6) is 0 Å².